The Bertz CT molecular complexity index is 244. The van der Waals surface area contributed by atoms with Gasteiger partial charge in [0.15, 0.2) is 0 Å². The van der Waals surface area contributed by atoms with Crippen LogP contribution in [0, 0.1) is 0 Å². The van der Waals surface area contributed by atoms with Crippen molar-refractivity contribution in [3.05, 3.63) is 0 Å². The minimum Gasteiger partial charge on any atom is -0.465 e. The van der Waals surface area contributed by atoms with Crippen LogP contribution in [0.3, 0.4) is 0 Å². The lowest BCUT2D eigenvalue weighted by molar-refractivity contribution is 0.0414. The maximum atomic E-state index is 10.8. The molecular weight excluding hydrogens is 188 g/mol. The number of carboxylic acid groups (broad SMARTS) is 2. The smallest absolute Gasteiger partial charge is 0.407 e. The van der Waals surface area contributed by atoms with E-state index in [9.17, 15) is 9.59 Å². The van der Waals surface area contributed by atoms with Gasteiger partial charge in [0.05, 0.1) is 12.1 Å². The highest BCUT2D eigenvalue weighted by Gasteiger charge is 2.34. The SMILES string of the molecule is CC1CN(C(=O)O)CC(C)N1C(=O)O. The molecule has 0 spiro atoms. The Morgan fingerprint density at radius 2 is 1.50 bits per heavy atom. The van der Waals surface area contributed by atoms with E-state index in [2.05, 4.69) is 0 Å². The van der Waals surface area contributed by atoms with Gasteiger partial charge in [-0.15, -0.1) is 0 Å². The number of piperazine rings is 1. The van der Waals surface area contributed by atoms with Crippen molar-refractivity contribution in [3.63, 3.8) is 0 Å². The molecule has 2 N–H and O–H groups in total. The maximum absolute atomic E-state index is 10.8. The molecule has 1 saturated heterocycles. The Kier molecular flexibility index (Phi) is 2.83. The minimum absolute atomic E-state index is 0.242. The fourth-order valence-corrected chi connectivity index (χ4v) is 1.86. The molecule has 0 saturated carbocycles. The van der Waals surface area contributed by atoms with E-state index < -0.39 is 12.2 Å². The molecule has 1 aliphatic rings. The number of amides is 2. The normalized spacial score (nSPS) is 27.6. The highest BCUT2D eigenvalue weighted by atomic mass is 16.4. The molecule has 0 radical (unpaired) electrons. The molecule has 6 nitrogen and oxygen atoms in total. The van der Waals surface area contributed by atoms with Gasteiger partial charge in [0.1, 0.15) is 0 Å². The van der Waals surface area contributed by atoms with E-state index in [-0.39, 0.29) is 25.2 Å². The summed E-state index contributed by atoms with van der Waals surface area (Å²) in [5, 5.41) is 17.6. The zero-order chi connectivity index (χ0) is 10.9. The molecule has 80 valence electrons. The van der Waals surface area contributed by atoms with Crippen molar-refractivity contribution in [3.8, 4) is 0 Å². The Morgan fingerprint density at radius 1 is 1.07 bits per heavy atom. The van der Waals surface area contributed by atoms with E-state index in [0.717, 1.165) is 0 Å². The van der Waals surface area contributed by atoms with Crippen LogP contribution in [0.2, 0.25) is 0 Å². The Hall–Kier alpha value is -1.46. The standard InChI is InChI=1S/C8H14N2O4/c1-5-3-9(7(11)12)4-6(2)10(5)8(13)14/h5-6H,3-4H2,1-2H3,(H,11,12)(H,13,14). The van der Waals surface area contributed by atoms with Crippen LogP contribution in [-0.4, -0.2) is 57.4 Å². The summed E-state index contributed by atoms with van der Waals surface area (Å²) in [6.07, 6.45) is -1.98. The first-order chi connectivity index (χ1) is 6.43. The van der Waals surface area contributed by atoms with Crippen LogP contribution in [0.4, 0.5) is 9.59 Å². The number of hydrogen-bond donors (Lipinski definition) is 2. The first-order valence-electron chi connectivity index (χ1n) is 4.42. The first kappa shape index (κ1) is 10.6. The Labute approximate surface area is 81.7 Å². The Balaban J connectivity index is 2.72. The number of nitrogens with zero attached hydrogens (tertiary/aromatic N) is 2. The fourth-order valence-electron chi connectivity index (χ4n) is 1.86. The summed E-state index contributed by atoms with van der Waals surface area (Å²) in [5.74, 6) is 0. The summed E-state index contributed by atoms with van der Waals surface area (Å²) in [6, 6.07) is -0.570. The lowest BCUT2D eigenvalue weighted by atomic mass is 10.1. The van der Waals surface area contributed by atoms with Crippen molar-refractivity contribution in [1.29, 1.82) is 0 Å². The molecule has 0 aliphatic carbocycles. The number of hydrogen-bond acceptors (Lipinski definition) is 2. The van der Waals surface area contributed by atoms with E-state index in [1.54, 1.807) is 13.8 Å². The maximum Gasteiger partial charge on any atom is 0.407 e. The fraction of sp³-hybridized carbons (Fsp3) is 0.750. The largest absolute Gasteiger partial charge is 0.465 e. The zero-order valence-corrected chi connectivity index (χ0v) is 8.17. The van der Waals surface area contributed by atoms with E-state index in [0.29, 0.717) is 0 Å². The molecule has 1 heterocycles. The predicted octanol–water partition coefficient (Wildman–Crippen LogP) is 0.737. The summed E-state index contributed by atoms with van der Waals surface area (Å²) in [5.41, 5.74) is 0. The van der Waals surface area contributed by atoms with Gasteiger partial charge in [-0.05, 0) is 13.8 Å². The average molecular weight is 202 g/mol. The average Bonchev–Trinajstić information content (AvgIpc) is 2.01. The summed E-state index contributed by atoms with van der Waals surface area (Å²) in [6.45, 7) is 3.90. The molecule has 6 heteroatoms. The van der Waals surface area contributed by atoms with Crippen LogP contribution >= 0.6 is 0 Å². The van der Waals surface area contributed by atoms with Crippen molar-refractivity contribution in [2.24, 2.45) is 0 Å². The van der Waals surface area contributed by atoms with Crippen LogP contribution in [0.5, 0.6) is 0 Å². The van der Waals surface area contributed by atoms with E-state index in [4.69, 9.17) is 10.2 Å². The molecule has 0 aromatic carbocycles. The van der Waals surface area contributed by atoms with E-state index >= 15 is 0 Å². The van der Waals surface area contributed by atoms with Gasteiger partial charge in [-0.1, -0.05) is 0 Å². The molecule has 0 aromatic heterocycles. The molecule has 14 heavy (non-hydrogen) atoms. The number of carbonyl (C=O) groups is 2. The second-order valence-electron chi connectivity index (χ2n) is 3.58. The second-order valence-corrected chi connectivity index (χ2v) is 3.58. The van der Waals surface area contributed by atoms with E-state index in [1.165, 1.54) is 9.80 Å². The molecule has 0 aromatic rings. The summed E-state index contributed by atoms with van der Waals surface area (Å²) >= 11 is 0. The predicted molar refractivity (Wildman–Crippen MR) is 48.4 cm³/mol. The third-order valence-corrected chi connectivity index (χ3v) is 2.41. The van der Waals surface area contributed by atoms with Gasteiger partial charge in [0.25, 0.3) is 0 Å². The van der Waals surface area contributed by atoms with Crippen LogP contribution in [0.1, 0.15) is 13.8 Å². The molecule has 2 atom stereocenters. The third-order valence-electron chi connectivity index (χ3n) is 2.41. The van der Waals surface area contributed by atoms with Crippen molar-refractivity contribution in [1.82, 2.24) is 9.80 Å². The molecule has 1 aliphatic heterocycles. The van der Waals surface area contributed by atoms with Crippen LogP contribution in [0.15, 0.2) is 0 Å². The molecule has 1 fully saturated rings. The van der Waals surface area contributed by atoms with Gasteiger partial charge in [0, 0.05) is 13.1 Å². The van der Waals surface area contributed by atoms with Crippen molar-refractivity contribution in [2.75, 3.05) is 13.1 Å². The van der Waals surface area contributed by atoms with Crippen LogP contribution in [-0.2, 0) is 0 Å². The van der Waals surface area contributed by atoms with Crippen molar-refractivity contribution >= 4 is 12.2 Å². The number of rotatable bonds is 0. The molecular formula is C8H14N2O4. The topological polar surface area (TPSA) is 81.1 Å². The molecule has 1 rings (SSSR count). The van der Waals surface area contributed by atoms with Gasteiger partial charge in [-0.25, -0.2) is 9.59 Å². The lowest BCUT2D eigenvalue weighted by Crippen LogP contribution is -2.59. The van der Waals surface area contributed by atoms with Crippen LogP contribution in [0.25, 0.3) is 0 Å². The molecule has 2 unspecified atom stereocenters. The highest BCUT2D eigenvalue weighted by molar-refractivity contribution is 5.68. The Morgan fingerprint density at radius 3 is 1.79 bits per heavy atom. The molecule has 0 bridgehead atoms. The third kappa shape index (κ3) is 1.89. The summed E-state index contributed by atoms with van der Waals surface area (Å²) < 4.78 is 0. The quantitative estimate of drug-likeness (QED) is 0.607. The van der Waals surface area contributed by atoms with E-state index in [1.807, 2.05) is 0 Å². The zero-order valence-electron chi connectivity index (χ0n) is 8.17. The lowest BCUT2D eigenvalue weighted by Gasteiger charge is -2.41. The van der Waals surface area contributed by atoms with Gasteiger partial charge in [-0.2, -0.15) is 0 Å². The first-order valence-corrected chi connectivity index (χ1v) is 4.42. The highest BCUT2D eigenvalue weighted by Crippen LogP contribution is 2.15. The van der Waals surface area contributed by atoms with Gasteiger partial charge in [0.2, 0.25) is 0 Å². The minimum atomic E-state index is -0.992. The second kappa shape index (κ2) is 3.73. The van der Waals surface area contributed by atoms with Crippen molar-refractivity contribution in [2.45, 2.75) is 25.9 Å². The van der Waals surface area contributed by atoms with Gasteiger partial charge in [-0.3, -0.25) is 4.90 Å². The molecule has 2 amide bonds. The van der Waals surface area contributed by atoms with Gasteiger partial charge >= 0.3 is 12.2 Å². The van der Waals surface area contributed by atoms with Crippen LogP contribution < -0.4 is 0 Å². The summed E-state index contributed by atoms with van der Waals surface area (Å²) in [4.78, 5) is 24.0. The van der Waals surface area contributed by atoms with Crippen molar-refractivity contribution < 1.29 is 19.8 Å². The van der Waals surface area contributed by atoms with Gasteiger partial charge < -0.3 is 15.1 Å². The monoisotopic (exact) mass is 202 g/mol. The summed E-state index contributed by atoms with van der Waals surface area (Å²) in [7, 11) is 0.